The van der Waals surface area contributed by atoms with E-state index >= 15 is 0 Å². The predicted molar refractivity (Wildman–Crippen MR) is 80.9 cm³/mol. The first-order valence-corrected chi connectivity index (χ1v) is 6.55. The van der Waals surface area contributed by atoms with Gasteiger partial charge < -0.3 is 9.30 Å². The number of methoxy groups -OCH3 is 1. The van der Waals surface area contributed by atoms with E-state index < -0.39 is 0 Å². The van der Waals surface area contributed by atoms with Crippen molar-refractivity contribution in [3.63, 3.8) is 0 Å². The molecule has 0 unspecified atom stereocenters. The van der Waals surface area contributed by atoms with Gasteiger partial charge in [-0.25, -0.2) is 4.98 Å². The van der Waals surface area contributed by atoms with Gasteiger partial charge in [-0.15, -0.1) is 0 Å². The van der Waals surface area contributed by atoms with Crippen molar-refractivity contribution in [1.29, 1.82) is 0 Å². The summed E-state index contributed by atoms with van der Waals surface area (Å²) in [6.07, 6.45) is 4.07. The number of para-hydroxylation sites is 1. The summed E-state index contributed by atoms with van der Waals surface area (Å²) in [6, 6.07) is 15.9. The van der Waals surface area contributed by atoms with E-state index in [9.17, 15) is 4.79 Å². The summed E-state index contributed by atoms with van der Waals surface area (Å²) in [5, 5.41) is 0. The van der Waals surface area contributed by atoms with E-state index in [-0.39, 0.29) is 0 Å². The SMILES string of the molecule is COc1ccccc1-c1cccc(-n2cnc(C=O)c2)c1. The van der Waals surface area contributed by atoms with E-state index in [0.29, 0.717) is 5.69 Å². The summed E-state index contributed by atoms with van der Waals surface area (Å²) >= 11 is 0. The van der Waals surface area contributed by atoms with E-state index in [1.807, 2.05) is 53.1 Å². The molecule has 0 amide bonds. The molecule has 0 spiro atoms. The Kier molecular flexibility index (Phi) is 3.51. The lowest BCUT2D eigenvalue weighted by Crippen LogP contribution is -1.92. The number of carbonyl (C=O) groups is 1. The van der Waals surface area contributed by atoms with Gasteiger partial charge in [-0.1, -0.05) is 30.3 Å². The van der Waals surface area contributed by atoms with Crippen LogP contribution in [0.25, 0.3) is 16.8 Å². The number of carbonyl (C=O) groups excluding carboxylic acids is 1. The number of ether oxygens (including phenoxy) is 1. The average molecular weight is 278 g/mol. The number of hydrogen-bond acceptors (Lipinski definition) is 3. The van der Waals surface area contributed by atoms with Crippen LogP contribution in [-0.2, 0) is 0 Å². The summed E-state index contributed by atoms with van der Waals surface area (Å²) in [5.74, 6) is 0.828. The average Bonchev–Trinajstić information content (AvgIpc) is 3.04. The Hall–Kier alpha value is -2.88. The highest BCUT2D eigenvalue weighted by Gasteiger charge is 2.06. The predicted octanol–water partition coefficient (Wildman–Crippen LogP) is 3.36. The molecule has 21 heavy (non-hydrogen) atoms. The zero-order chi connectivity index (χ0) is 14.7. The van der Waals surface area contributed by atoms with Gasteiger partial charge >= 0.3 is 0 Å². The number of nitrogens with zero attached hydrogens (tertiary/aromatic N) is 2. The van der Waals surface area contributed by atoms with Crippen LogP contribution < -0.4 is 4.74 Å². The minimum Gasteiger partial charge on any atom is -0.496 e. The highest BCUT2D eigenvalue weighted by Crippen LogP contribution is 2.30. The fourth-order valence-corrected chi connectivity index (χ4v) is 2.26. The highest BCUT2D eigenvalue weighted by atomic mass is 16.5. The van der Waals surface area contributed by atoms with Gasteiger partial charge in [0.25, 0.3) is 0 Å². The molecule has 4 heteroatoms. The van der Waals surface area contributed by atoms with Gasteiger partial charge in [-0.05, 0) is 23.8 Å². The lowest BCUT2D eigenvalue weighted by molar-refractivity contribution is 0.111. The van der Waals surface area contributed by atoms with Crippen LogP contribution in [0, 0.1) is 0 Å². The zero-order valence-corrected chi connectivity index (χ0v) is 11.6. The topological polar surface area (TPSA) is 44.1 Å². The molecule has 2 aromatic carbocycles. The Morgan fingerprint density at radius 1 is 1.14 bits per heavy atom. The van der Waals surface area contributed by atoms with E-state index in [1.165, 1.54) is 0 Å². The molecule has 0 radical (unpaired) electrons. The van der Waals surface area contributed by atoms with Crippen molar-refractivity contribution in [2.45, 2.75) is 0 Å². The van der Waals surface area contributed by atoms with Crippen molar-refractivity contribution >= 4 is 6.29 Å². The molecular formula is C17H14N2O2. The van der Waals surface area contributed by atoms with E-state index in [4.69, 9.17) is 4.74 Å². The molecule has 0 fully saturated rings. The van der Waals surface area contributed by atoms with E-state index in [0.717, 1.165) is 28.8 Å². The van der Waals surface area contributed by atoms with Crippen LogP contribution in [0.2, 0.25) is 0 Å². The van der Waals surface area contributed by atoms with Crippen LogP contribution in [0.1, 0.15) is 10.5 Å². The normalized spacial score (nSPS) is 10.3. The summed E-state index contributed by atoms with van der Waals surface area (Å²) < 4.78 is 7.22. The standard InChI is InChI=1S/C17H14N2O2/c1-21-17-8-3-2-7-16(17)13-5-4-6-15(9-13)19-10-14(11-20)18-12-19/h2-12H,1H3. The van der Waals surface area contributed by atoms with Gasteiger partial charge in [-0.3, -0.25) is 4.79 Å². The van der Waals surface area contributed by atoms with Crippen LogP contribution in [0.5, 0.6) is 5.75 Å². The largest absolute Gasteiger partial charge is 0.496 e. The molecule has 3 rings (SSSR count). The molecule has 0 aliphatic heterocycles. The molecule has 0 aliphatic carbocycles. The maximum Gasteiger partial charge on any atom is 0.170 e. The Morgan fingerprint density at radius 3 is 2.76 bits per heavy atom. The van der Waals surface area contributed by atoms with Gasteiger partial charge in [0.05, 0.1) is 7.11 Å². The zero-order valence-electron chi connectivity index (χ0n) is 11.6. The number of hydrogen-bond donors (Lipinski definition) is 0. The summed E-state index contributed by atoms with van der Waals surface area (Å²) in [7, 11) is 1.66. The highest BCUT2D eigenvalue weighted by molar-refractivity contribution is 5.73. The maximum absolute atomic E-state index is 10.7. The minimum absolute atomic E-state index is 0.415. The first kappa shape index (κ1) is 13.1. The van der Waals surface area contributed by atoms with Gasteiger partial charge in [0.1, 0.15) is 17.8 Å². The Bertz CT molecular complexity index is 778. The molecular weight excluding hydrogens is 264 g/mol. The van der Waals surface area contributed by atoms with Crippen LogP contribution in [-0.4, -0.2) is 22.9 Å². The van der Waals surface area contributed by atoms with E-state index in [1.54, 1.807) is 19.6 Å². The van der Waals surface area contributed by atoms with Crippen molar-refractivity contribution in [1.82, 2.24) is 9.55 Å². The van der Waals surface area contributed by atoms with Crippen molar-refractivity contribution in [2.24, 2.45) is 0 Å². The second-order valence-corrected chi connectivity index (χ2v) is 4.57. The third-order valence-corrected chi connectivity index (χ3v) is 3.29. The Balaban J connectivity index is 2.05. The monoisotopic (exact) mass is 278 g/mol. The number of imidazole rings is 1. The van der Waals surface area contributed by atoms with E-state index in [2.05, 4.69) is 4.98 Å². The van der Waals surface area contributed by atoms with Gasteiger partial charge in [0, 0.05) is 17.4 Å². The number of rotatable bonds is 4. The van der Waals surface area contributed by atoms with Crippen LogP contribution >= 0.6 is 0 Å². The second kappa shape index (κ2) is 5.63. The third-order valence-electron chi connectivity index (χ3n) is 3.29. The lowest BCUT2D eigenvalue weighted by atomic mass is 10.0. The van der Waals surface area contributed by atoms with Gasteiger partial charge in [0.2, 0.25) is 0 Å². The summed E-state index contributed by atoms with van der Waals surface area (Å²) in [4.78, 5) is 14.7. The molecule has 0 atom stereocenters. The van der Waals surface area contributed by atoms with Crippen molar-refractivity contribution in [3.8, 4) is 22.6 Å². The van der Waals surface area contributed by atoms with Gasteiger partial charge in [0.15, 0.2) is 6.29 Å². The number of benzene rings is 2. The fourth-order valence-electron chi connectivity index (χ4n) is 2.26. The number of aldehydes is 1. The molecule has 0 aliphatic rings. The van der Waals surface area contributed by atoms with Crippen molar-refractivity contribution in [2.75, 3.05) is 7.11 Å². The molecule has 104 valence electrons. The molecule has 0 N–H and O–H groups in total. The molecule has 3 aromatic rings. The van der Waals surface area contributed by atoms with Gasteiger partial charge in [-0.2, -0.15) is 0 Å². The maximum atomic E-state index is 10.7. The quantitative estimate of drug-likeness (QED) is 0.687. The van der Waals surface area contributed by atoms with Crippen LogP contribution in [0.3, 0.4) is 0 Å². The Morgan fingerprint density at radius 2 is 2.00 bits per heavy atom. The lowest BCUT2D eigenvalue weighted by Gasteiger charge is -2.10. The third kappa shape index (κ3) is 2.56. The van der Waals surface area contributed by atoms with Crippen LogP contribution in [0.4, 0.5) is 0 Å². The smallest absolute Gasteiger partial charge is 0.170 e. The molecule has 1 aromatic heterocycles. The van der Waals surface area contributed by atoms with Crippen molar-refractivity contribution < 1.29 is 9.53 Å². The Labute approximate surface area is 122 Å². The molecule has 0 saturated carbocycles. The van der Waals surface area contributed by atoms with Crippen molar-refractivity contribution in [3.05, 3.63) is 66.7 Å². The first-order chi connectivity index (χ1) is 10.3. The van der Waals surface area contributed by atoms with Crippen LogP contribution in [0.15, 0.2) is 61.1 Å². The molecule has 0 saturated heterocycles. The summed E-state index contributed by atoms with van der Waals surface area (Å²) in [5.41, 5.74) is 3.43. The second-order valence-electron chi connectivity index (χ2n) is 4.57. The summed E-state index contributed by atoms with van der Waals surface area (Å²) in [6.45, 7) is 0. The molecule has 0 bridgehead atoms. The fraction of sp³-hybridized carbons (Fsp3) is 0.0588. The minimum atomic E-state index is 0.415. The molecule has 4 nitrogen and oxygen atoms in total. The molecule has 1 heterocycles. The number of aromatic nitrogens is 2. The first-order valence-electron chi connectivity index (χ1n) is 6.55.